The van der Waals surface area contributed by atoms with Crippen LogP contribution in [-0.2, 0) is 14.8 Å². The van der Waals surface area contributed by atoms with Crippen molar-refractivity contribution in [1.29, 1.82) is 0 Å². The summed E-state index contributed by atoms with van der Waals surface area (Å²) in [7, 11) is -3.76. The number of benzene rings is 2. The van der Waals surface area contributed by atoms with Crippen molar-refractivity contribution in [3.8, 4) is 0 Å². The molecule has 1 atom stereocenters. The van der Waals surface area contributed by atoms with Crippen LogP contribution in [0.15, 0.2) is 42.5 Å². The predicted octanol–water partition coefficient (Wildman–Crippen LogP) is 4.44. The monoisotopic (exact) mass is 420 g/mol. The number of carbonyl (C=O) groups excluding carboxylic acids is 1. The Labute approximate surface area is 161 Å². The van der Waals surface area contributed by atoms with Gasteiger partial charge in [0.25, 0.3) is 0 Å². The van der Waals surface area contributed by atoms with E-state index in [0.29, 0.717) is 10.7 Å². The first-order chi connectivity index (χ1) is 11.6. The Kier molecular flexibility index (Phi) is 6.21. The molecule has 0 saturated carbocycles. The van der Waals surface area contributed by atoms with Crippen molar-refractivity contribution < 1.29 is 13.2 Å². The Balaban J connectivity index is 2.36. The van der Waals surface area contributed by atoms with Gasteiger partial charge < -0.3 is 5.32 Å². The van der Waals surface area contributed by atoms with Crippen LogP contribution in [0.4, 0.5) is 11.4 Å². The van der Waals surface area contributed by atoms with E-state index in [2.05, 4.69) is 5.32 Å². The zero-order valence-corrected chi connectivity index (χ0v) is 16.4. The molecule has 2 aromatic rings. The van der Waals surface area contributed by atoms with Gasteiger partial charge >= 0.3 is 0 Å². The fourth-order valence-electron chi connectivity index (χ4n) is 2.23. The van der Waals surface area contributed by atoms with Gasteiger partial charge in [-0.05, 0) is 37.3 Å². The zero-order chi connectivity index (χ0) is 18.8. The lowest BCUT2D eigenvalue weighted by atomic mass is 10.2. The number of carbonyl (C=O) groups is 1. The van der Waals surface area contributed by atoms with Crippen molar-refractivity contribution >= 4 is 62.1 Å². The lowest BCUT2D eigenvalue weighted by Crippen LogP contribution is -2.45. The molecule has 2 rings (SSSR count). The highest BCUT2D eigenvalue weighted by molar-refractivity contribution is 7.92. The first-order valence-electron chi connectivity index (χ1n) is 7.11. The Morgan fingerprint density at radius 3 is 2.24 bits per heavy atom. The molecule has 2 aromatic carbocycles. The largest absolute Gasteiger partial charge is 0.323 e. The minimum absolute atomic E-state index is 0.187. The molecule has 0 radical (unpaired) electrons. The number of para-hydroxylation sites is 1. The molecule has 1 amide bonds. The van der Waals surface area contributed by atoms with Gasteiger partial charge in [0.05, 0.1) is 32.7 Å². The molecule has 0 heterocycles. The predicted molar refractivity (Wildman–Crippen MR) is 103 cm³/mol. The van der Waals surface area contributed by atoms with E-state index in [1.54, 1.807) is 24.3 Å². The van der Waals surface area contributed by atoms with Gasteiger partial charge in [-0.2, -0.15) is 0 Å². The van der Waals surface area contributed by atoms with Crippen molar-refractivity contribution in [3.63, 3.8) is 0 Å². The molecule has 0 fully saturated rings. The van der Waals surface area contributed by atoms with Crippen molar-refractivity contribution in [2.75, 3.05) is 15.9 Å². The summed E-state index contributed by atoms with van der Waals surface area (Å²) in [5, 5.41) is 3.44. The summed E-state index contributed by atoms with van der Waals surface area (Å²) < 4.78 is 25.4. The maximum absolute atomic E-state index is 12.5. The molecule has 0 bridgehead atoms. The number of hydrogen-bond acceptors (Lipinski definition) is 3. The van der Waals surface area contributed by atoms with Crippen LogP contribution < -0.4 is 9.62 Å². The van der Waals surface area contributed by atoms with Crippen LogP contribution in [0.3, 0.4) is 0 Å². The second kappa shape index (κ2) is 7.83. The minimum Gasteiger partial charge on any atom is -0.323 e. The van der Waals surface area contributed by atoms with Crippen LogP contribution in [-0.4, -0.2) is 26.6 Å². The summed E-state index contributed by atoms with van der Waals surface area (Å²) >= 11 is 17.9. The standard InChI is InChI=1S/C16H15Cl3N2O3S/c1-10(16(22)20-15-6-4-3-5-13(15)18)21(25(2,23)24)11-7-8-12(17)14(19)9-11/h3-10H,1-2H3,(H,20,22)/t10-/m1/s1. The lowest BCUT2D eigenvalue weighted by Gasteiger charge is -2.28. The molecule has 0 aliphatic heterocycles. The fourth-order valence-corrected chi connectivity index (χ4v) is 3.87. The van der Waals surface area contributed by atoms with Crippen molar-refractivity contribution in [3.05, 3.63) is 57.5 Å². The number of nitrogens with one attached hydrogen (secondary N) is 1. The summed E-state index contributed by atoms with van der Waals surface area (Å²) in [5.74, 6) is -0.537. The van der Waals surface area contributed by atoms with Gasteiger partial charge in [-0.15, -0.1) is 0 Å². The number of anilines is 2. The van der Waals surface area contributed by atoms with Crippen LogP contribution >= 0.6 is 34.8 Å². The highest BCUT2D eigenvalue weighted by Gasteiger charge is 2.29. The SMILES string of the molecule is C[C@H](C(=O)Nc1ccccc1Cl)N(c1ccc(Cl)c(Cl)c1)S(C)(=O)=O. The van der Waals surface area contributed by atoms with E-state index in [4.69, 9.17) is 34.8 Å². The number of hydrogen-bond donors (Lipinski definition) is 1. The second-order valence-corrected chi connectivity index (χ2v) is 8.38. The molecule has 134 valence electrons. The van der Waals surface area contributed by atoms with Crippen LogP contribution in [0.25, 0.3) is 0 Å². The summed E-state index contributed by atoms with van der Waals surface area (Å²) in [6.07, 6.45) is 1.01. The van der Waals surface area contributed by atoms with Gasteiger partial charge in [-0.25, -0.2) is 8.42 Å². The highest BCUT2D eigenvalue weighted by Crippen LogP contribution is 2.30. The molecule has 1 N–H and O–H groups in total. The Morgan fingerprint density at radius 1 is 1.04 bits per heavy atom. The third-order valence-electron chi connectivity index (χ3n) is 3.38. The normalized spacial score (nSPS) is 12.5. The molecule has 0 unspecified atom stereocenters. The zero-order valence-electron chi connectivity index (χ0n) is 13.3. The second-order valence-electron chi connectivity index (χ2n) is 5.30. The quantitative estimate of drug-likeness (QED) is 0.776. The van der Waals surface area contributed by atoms with Crippen molar-refractivity contribution in [2.45, 2.75) is 13.0 Å². The van der Waals surface area contributed by atoms with E-state index in [1.807, 2.05) is 0 Å². The maximum Gasteiger partial charge on any atom is 0.248 e. The lowest BCUT2D eigenvalue weighted by molar-refractivity contribution is -0.116. The number of rotatable bonds is 5. The van der Waals surface area contributed by atoms with Crippen LogP contribution in [0.5, 0.6) is 0 Å². The fraction of sp³-hybridized carbons (Fsp3) is 0.188. The number of sulfonamides is 1. The van der Waals surface area contributed by atoms with Gasteiger partial charge in [-0.3, -0.25) is 9.10 Å². The maximum atomic E-state index is 12.5. The van der Waals surface area contributed by atoms with Gasteiger partial charge in [0.2, 0.25) is 15.9 Å². The smallest absolute Gasteiger partial charge is 0.248 e. The number of amides is 1. The highest BCUT2D eigenvalue weighted by atomic mass is 35.5. The molecule has 25 heavy (non-hydrogen) atoms. The van der Waals surface area contributed by atoms with Gasteiger partial charge in [-0.1, -0.05) is 46.9 Å². The van der Waals surface area contributed by atoms with E-state index in [9.17, 15) is 13.2 Å². The van der Waals surface area contributed by atoms with Gasteiger partial charge in [0, 0.05) is 0 Å². The Morgan fingerprint density at radius 2 is 1.68 bits per heavy atom. The van der Waals surface area contributed by atoms with E-state index in [1.165, 1.54) is 25.1 Å². The van der Waals surface area contributed by atoms with Gasteiger partial charge in [0.1, 0.15) is 6.04 Å². The molecule has 0 aliphatic carbocycles. The van der Waals surface area contributed by atoms with E-state index in [0.717, 1.165) is 10.6 Å². The molecule has 5 nitrogen and oxygen atoms in total. The van der Waals surface area contributed by atoms with Crippen LogP contribution in [0.1, 0.15) is 6.92 Å². The minimum atomic E-state index is -3.76. The number of nitrogens with zero attached hydrogens (tertiary/aromatic N) is 1. The average Bonchev–Trinajstić information content (AvgIpc) is 2.51. The Hall–Kier alpha value is -1.47. The first kappa shape index (κ1) is 19.8. The van der Waals surface area contributed by atoms with Crippen molar-refractivity contribution in [2.24, 2.45) is 0 Å². The third kappa shape index (κ3) is 4.79. The summed E-state index contributed by atoms with van der Waals surface area (Å²) in [6.45, 7) is 1.47. The molecule has 0 saturated heterocycles. The first-order valence-corrected chi connectivity index (χ1v) is 10.1. The molecule has 9 heteroatoms. The summed E-state index contributed by atoms with van der Waals surface area (Å²) in [4.78, 5) is 12.5. The van der Waals surface area contributed by atoms with E-state index in [-0.39, 0.29) is 15.7 Å². The topological polar surface area (TPSA) is 66.5 Å². The van der Waals surface area contributed by atoms with Crippen molar-refractivity contribution in [1.82, 2.24) is 0 Å². The van der Waals surface area contributed by atoms with E-state index < -0.39 is 22.0 Å². The molecule has 0 spiro atoms. The average molecular weight is 422 g/mol. The summed E-state index contributed by atoms with van der Waals surface area (Å²) in [5.41, 5.74) is 0.627. The van der Waals surface area contributed by atoms with Crippen LogP contribution in [0, 0.1) is 0 Å². The molecular formula is C16H15Cl3N2O3S. The molecule has 0 aromatic heterocycles. The number of halogens is 3. The van der Waals surface area contributed by atoms with Gasteiger partial charge in [0.15, 0.2) is 0 Å². The third-order valence-corrected chi connectivity index (χ3v) is 5.69. The molecular weight excluding hydrogens is 407 g/mol. The van der Waals surface area contributed by atoms with Crippen LogP contribution in [0.2, 0.25) is 15.1 Å². The van der Waals surface area contributed by atoms with E-state index >= 15 is 0 Å². The summed E-state index contributed by atoms with van der Waals surface area (Å²) in [6, 6.07) is 9.98. The Bertz CT molecular complexity index is 903. The molecule has 0 aliphatic rings.